The molecule has 0 aromatic heterocycles. The number of benzene rings is 1. The molecule has 1 aromatic rings. The van der Waals surface area contributed by atoms with Crippen molar-refractivity contribution in [2.45, 2.75) is 12.5 Å². The number of rotatable bonds is 7. The van der Waals surface area contributed by atoms with Crippen molar-refractivity contribution < 1.29 is 24.0 Å². The standard InChI is InChI=1S/C12H13FN2O5S/c1-21-3-2-10(12(17)18)14-11(16)7-4-8(13)6-9(5-7)15(19)20/h4-6,10H,2-3H2,1H3,(H,14,16)(H,17,18). The zero-order valence-corrected chi connectivity index (χ0v) is 11.9. The van der Waals surface area contributed by atoms with Crippen LogP contribution in [0.4, 0.5) is 10.1 Å². The first-order valence-corrected chi connectivity index (χ1v) is 7.22. The molecule has 9 heteroatoms. The molecule has 1 rings (SSSR count). The average Bonchev–Trinajstić information content (AvgIpc) is 2.42. The molecule has 0 radical (unpaired) electrons. The molecule has 0 heterocycles. The van der Waals surface area contributed by atoms with Gasteiger partial charge in [0.1, 0.15) is 11.9 Å². The van der Waals surface area contributed by atoms with Gasteiger partial charge >= 0.3 is 5.97 Å². The Hall–Kier alpha value is -2.16. The van der Waals surface area contributed by atoms with Crippen LogP contribution in [0.25, 0.3) is 0 Å². The molecule has 1 aromatic carbocycles. The summed E-state index contributed by atoms with van der Waals surface area (Å²) in [5.41, 5.74) is -0.867. The zero-order chi connectivity index (χ0) is 16.0. The van der Waals surface area contributed by atoms with Gasteiger partial charge in [-0.1, -0.05) is 0 Å². The average molecular weight is 316 g/mol. The van der Waals surface area contributed by atoms with Gasteiger partial charge in [-0.2, -0.15) is 11.8 Å². The predicted molar refractivity (Wildman–Crippen MR) is 74.9 cm³/mol. The van der Waals surface area contributed by atoms with Gasteiger partial charge in [0, 0.05) is 11.6 Å². The van der Waals surface area contributed by atoms with Crippen molar-refractivity contribution in [3.63, 3.8) is 0 Å². The number of nitro groups is 1. The number of non-ortho nitro benzene ring substituents is 1. The number of aliphatic carboxylic acids is 1. The van der Waals surface area contributed by atoms with Crippen molar-refractivity contribution in [1.82, 2.24) is 5.32 Å². The number of carbonyl (C=O) groups excluding carboxylic acids is 1. The van der Waals surface area contributed by atoms with E-state index in [-0.39, 0.29) is 12.0 Å². The van der Waals surface area contributed by atoms with Crippen molar-refractivity contribution in [3.8, 4) is 0 Å². The Morgan fingerprint density at radius 3 is 2.67 bits per heavy atom. The minimum Gasteiger partial charge on any atom is -0.480 e. The van der Waals surface area contributed by atoms with Crippen LogP contribution in [-0.4, -0.2) is 40.0 Å². The van der Waals surface area contributed by atoms with E-state index in [1.165, 1.54) is 11.8 Å². The molecular weight excluding hydrogens is 303 g/mol. The summed E-state index contributed by atoms with van der Waals surface area (Å²) in [4.78, 5) is 32.7. The van der Waals surface area contributed by atoms with Crippen molar-refractivity contribution in [2.75, 3.05) is 12.0 Å². The third-order valence-corrected chi connectivity index (χ3v) is 3.21. The van der Waals surface area contributed by atoms with E-state index in [4.69, 9.17) is 5.11 Å². The molecule has 7 nitrogen and oxygen atoms in total. The first kappa shape index (κ1) is 16.9. The highest BCUT2D eigenvalue weighted by Gasteiger charge is 2.22. The van der Waals surface area contributed by atoms with E-state index < -0.39 is 34.3 Å². The summed E-state index contributed by atoms with van der Waals surface area (Å²) >= 11 is 1.42. The maximum Gasteiger partial charge on any atom is 0.326 e. The molecule has 0 saturated heterocycles. The number of nitro benzene ring substituents is 1. The van der Waals surface area contributed by atoms with Crippen LogP contribution in [0, 0.1) is 15.9 Å². The fraction of sp³-hybridized carbons (Fsp3) is 0.333. The summed E-state index contributed by atoms with van der Waals surface area (Å²) in [5.74, 6) is -2.51. The Morgan fingerprint density at radius 2 is 2.14 bits per heavy atom. The highest BCUT2D eigenvalue weighted by atomic mass is 32.2. The normalized spacial score (nSPS) is 11.7. The van der Waals surface area contributed by atoms with Crippen molar-refractivity contribution in [2.24, 2.45) is 0 Å². The lowest BCUT2D eigenvalue weighted by molar-refractivity contribution is -0.385. The maximum absolute atomic E-state index is 13.2. The van der Waals surface area contributed by atoms with Gasteiger partial charge in [-0.25, -0.2) is 9.18 Å². The first-order valence-electron chi connectivity index (χ1n) is 5.82. The van der Waals surface area contributed by atoms with Gasteiger partial charge in [0.25, 0.3) is 11.6 Å². The molecule has 1 unspecified atom stereocenters. The van der Waals surface area contributed by atoms with Crippen LogP contribution >= 0.6 is 11.8 Å². The summed E-state index contributed by atoms with van der Waals surface area (Å²) in [7, 11) is 0. The van der Waals surface area contributed by atoms with Gasteiger partial charge in [-0.3, -0.25) is 14.9 Å². The quantitative estimate of drug-likeness (QED) is 0.585. The lowest BCUT2D eigenvalue weighted by atomic mass is 10.1. The van der Waals surface area contributed by atoms with Gasteiger partial charge in [-0.15, -0.1) is 0 Å². The number of halogens is 1. The monoisotopic (exact) mass is 316 g/mol. The summed E-state index contributed by atoms with van der Waals surface area (Å²) in [5, 5.41) is 21.8. The Bertz CT molecular complexity index is 567. The number of amides is 1. The van der Waals surface area contributed by atoms with Crippen LogP contribution in [0.2, 0.25) is 0 Å². The number of thioether (sulfide) groups is 1. The van der Waals surface area contributed by atoms with Crippen LogP contribution in [0.1, 0.15) is 16.8 Å². The Labute approximate surface area is 123 Å². The molecular formula is C12H13FN2O5S. The van der Waals surface area contributed by atoms with E-state index in [1.54, 1.807) is 6.26 Å². The Kier molecular flexibility index (Phi) is 6.10. The van der Waals surface area contributed by atoms with Crippen molar-refractivity contribution in [1.29, 1.82) is 0 Å². The molecule has 114 valence electrons. The number of carboxylic acid groups (broad SMARTS) is 1. The van der Waals surface area contributed by atoms with E-state index in [0.717, 1.165) is 12.1 Å². The smallest absolute Gasteiger partial charge is 0.326 e. The number of hydrogen-bond donors (Lipinski definition) is 2. The van der Waals surface area contributed by atoms with E-state index >= 15 is 0 Å². The SMILES string of the molecule is CSCCC(NC(=O)c1cc(F)cc([N+](=O)[O-])c1)C(=O)O. The molecule has 0 bridgehead atoms. The molecule has 0 spiro atoms. The Morgan fingerprint density at radius 1 is 1.48 bits per heavy atom. The molecule has 1 amide bonds. The second kappa shape index (κ2) is 7.58. The summed E-state index contributed by atoms with van der Waals surface area (Å²) in [6.45, 7) is 0. The number of hydrogen-bond acceptors (Lipinski definition) is 5. The van der Waals surface area contributed by atoms with Crippen molar-refractivity contribution in [3.05, 3.63) is 39.7 Å². The minimum atomic E-state index is -1.22. The Balaban J connectivity index is 2.92. The van der Waals surface area contributed by atoms with Gasteiger partial charge in [0.15, 0.2) is 0 Å². The number of carbonyl (C=O) groups is 2. The fourth-order valence-corrected chi connectivity index (χ4v) is 2.02. The summed E-state index contributed by atoms with van der Waals surface area (Å²) in [6.07, 6.45) is 1.98. The van der Waals surface area contributed by atoms with E-state index in [2.05, 4.69) is 5.32 Å². The number of nitrogens with one attached hydrogen (secondary N) is 1. The lowest BCUT2D eigenvalue weighted by Crippen LogP contribution is -2.41. The largest absolute Gasteiger partial charge is 0.480 e. The molecule has 0 aliphatic heterocycles. The summed E-state index contributed by atoms with van der Waals surface area (Å²) in [6, 6.07) is 1.26. The fourth-order valence-electron chi connectivity index (χ4n) is 1.55. The molecule has 0 aliphatic rings. The van der Waals surface area contributed by atoms with E-state index in [0.29, 0.717) is 11.8 Å². The van der Waals surface area contributed by atoms with Gasteiger partial charge < -0.3 is 10.4 Å². The second-order valence-electron chi connectivity index (χ2n) is 4.10. The highest BCUT2D eigenvalue weighted by molar-refractivity contribution is 7.98. The van der Waals surface area contributed by atoms with Crippen LogP contribution in [0.5, 0.6) is 0 Å². The first-order chi connectivity index (χ1) is 9.85. The maximum atomic E-state index is 13.2. The lowest BCUT2D eigenvalue weighted by Gasteiger charge is -2.13. The molecule has 0 fully saturated rings. The van der Waals surface area contributed by atoms with E-state index in [9.17, 15) is 24.1 Å². The van der Waals surface area contributed by atoms with Crippen LogP contribution in [0.15, 0.2) is 18.2 Å². The van der Waals surface area contributed by atoms with Gasteiger partial charge in [-0.05, 0) is 24.5 Å². The molecule has 0 aliphatic carbocycles. The third-order valence-electron chi connectivity index (χ3n) is 2.57. The molecule has 1 atom stereocenters. The highest BCUT2D eigenvalue weighted by Crippen LogP contribution is 2.16. The molecule has 2 N–H and O–H groups in total. The van der Waals surface area contributed by atoms with Crippen molar-refractivity contribution >= 4 is 29.3 Å². The van der Waals surface area contributed by atoms with Crippen LogP contribution in [0.3, 0.4) is 0 Å². The van der Waals surface area contributed by atoms with E-state index in [1.807, 2.05) is 0 Å². The number of carboxylic acids is 1. The number of nitrogens with zero attached hydrogens (tertiary/aromatic N) is 1. The third kappa shape index (κ3) is 5.03. The second-order valence-corrected chi connectivity index (χ2v) is 5.09. The van der Waals surface area contributed by atoms with Crippen LogP contribution in [-0.2, 0) is 4.79 Å². The molecule has 21 heavy (non-hydrogen) atoms. The minimum absolute atomic E-state index is 0.194. The van der Waals surface area contributed by atoms with Crippen LogP contribution < -0.4 is 5.32 Å². The van der Waals surface area contributed by atoms with Gasteiger partial charge in [0.05, 0.1) is 11.0 Å². The zero-order valence-electron chi connectivity index (χ0n) is 11.0. The topological polar surface area (TPSA) is 110 Å². The predicted octanol–water partition coefficient (Wildman–Crippen LogP) is 1.67. The molecule has 0 saturated carbocycles. The summed E-state index contributed by atoms with van der Waals surface area (Å²) < 4.78 is 13.2. The van der Waals surface area contributed by atoms with Gasteiger partial charge in [0.2, 0.25) is 0 Å².